The van der Waals surface area contributed by atoms with Crippen molar-refractivity contribution in [2.75, 3.05) is 6.61 Å². The van der Waals surface area contributed by atoms with Gasteiger partial charge in [0.25, 0.3) is 0 Å². The molecule has 1 saturated heterocycles. The third-order valence-electron chi connectivity index (χ3n) is 6.01. The SMILES string of the molecule is C/C=C(\C)C(=O)O[C@H]1C[C@@](C)(O)[C@@]2(O)CC[C@](C)(/C=C3/OC(=O)C(COC(C)=O)=C31)O2. The molecule has 1 fully saturated rings. The van der Waals surface area contributed by atoms with Gasteiger partial charge in [-0.2, -0.15) is 0 Å². The van der Waals surface area contributed by atoms with Gasteiger partial charge in [-0.25, -0.2) is 9.59 Å². The zero-order valence-corrected chi connectivity index (χ0v) is 18.3. The Morgan fingerprint density at radius 1 is 1.26 bits per heavy atom. The van der Waals surface area contributed by atoms with Crippen molar-refractivity contribution in [3.8, 4) is 0 Å². The van der Waals surface area contributed by atoms with E-state index in [0.29, 0.717) is 12.0 Å². The first-order valence-electron chi connectivity index (χ1n) is 10.1. The highest BCUT2D eigenvalue weighted by atomic mass is 16.7. The van der Waals surface area contributed by atoms with Crippen LogP contribution in [0, 0.1) is 0 Å². The van der Waals surface area contributed by atoms with Gasteiger partial charge >= 0.3 is 17.9 Å². The number of carbonyl (C=O) groups is 3. The van der Waals surface area contributed by atoms with Crippen molar-refractivity contribution >= 4 is 17.9 Å². The summed E-state index contributed by atoms with van der Waals surface area (Å²) in [6, 6.07) is 0. The van der Waals surface area contributed by atoms with Crippen LogP contribution in [0.2, 0.25) is 0 Å². The Morgan fingerprint density at radius 2 is 1.94 bits per heavy atom. The second-order valence-electron chi connectivity index (χ2n) is 8.61. The van der Waals surface area contributed by atoms with Crippen LogP contribution >= 0.6 is 0 Å². The molecule has 170 valence electrons. The Morgan fingerprint density at radius 3 is 2.55 bits per heavy atom. The predicted molar refractivity (Wildman–Crippen MR) is 106 cm³/mol. The van der Waals surface area contributed by atoms with Gasteiger partial charge in [0, 0.05) is 30.9 Å². The van der Waals surface area contributed by atoms with E-state index in [9.17, 15) is 24.6 Å². The monoisotopic (exact) mass is 436 g/mol. The first-order valence-corrected chi connectivity index (χ1v) is 10.1. The van der Waals surface area contributed by atoms with E-state index in [1.165, 1.54) is 19.9 Å². The Bertz CT molecular complexity index is 910. The molecular formula is C22H28O9. The average molecular weight is 436 g/mol. The topological polar surface area (TPSA) is 129 Å². The average Bonchev–Trinajstić information content (AvgIpc) is 3.14. The van der Waals surface area contributed by atoms with Crippen LogP contribution in [0.15, 0.2) is 34.6 Å². The maximum absolute atomic E-state index is 12.6. The highest BCUT2D eigenvalue weighted by Gasteiger charge is 2.58. The Hall–Kier alpha value is -2.49. The summed E-state index contributed by atoms with van der Waals surface area (Å²) in [4.78, 5) is 36.5. The number of fused-ring (bicyclic) bond motifs is 3. The molecule has 2 N–H and O–H groups in total. The molecule has 2 bridgehead atoms. The number of hydrogen-bond acceptors (Lipinski definition) is 9. The van der Waals surface area contributed by atoms with Crippen molar-refractivity contribution in [1.82, 2.24) is 0 Å². The van der Waals surface area contributed by atoms with Crippen LogP contribution in [-0.4, -0.2) is 57.8 Å². The van der Waals surface area contributed by atoms with E-state index in [-0.39, 0.29) is 36.4 Å². The highest BCUT2D eigenvalue weighted by Crippen LogP contribution is 2.49. The van der Waals surface area contributed by atoms with Crippen LogP contribution in [0.25, 0.3) is 0 Å². The van der Waals surface area contributed by atoms with Gasteiger partial charge in [0.2, 0.25) is 0 Å². The third-order valence-corrected chi connectivity index (χ3v) is 6.01. The quantitative estimate of drug-likeness (QED) is 0.383. The number of rotatable bonds is 4. The molecule has 0 radical (unpaired) electrons. The summed E-state index contributed by atoms with van der Waals surface area (Å²) in [6.45, 7) is 7.13. The predicted octanol–water partition coefficient (Wildman–Crippen LogP) is 1.58. The van der Waals surface area contributed by atoms with Gasteiger partial charge in [0.05, 0.1) is 11.2 Å². The van der Waals surface area contributed by atoms with Gasteiger partial charge in [0.1, 0.15) is 24.1 Å². The van der Waals surface area contributed by atoms with Crippen LogP contribution in [0.1, 0.15) is 53.9 Å². The fourth-order valence-corrected chi connectivity index (χ4v) is 3.97. The molecule has 3 rings (SSSR count). The molecule has 0 spiro atoms. The second-order valence-corrected chi connectivity index (χ2v) is 8.61. The van der Waals surface area contributed by atoms with Crippen molar-refractivity contribution in [2.24, 2.45) is 0 Å². The van der Waals surface area contributed by atoms with E-state index in [1.807, 2.05) is 0 Å². The fraction of sp³-hybridized carbons (Fsp3) is 0.591. The summed E-state index contributed by atoms with van der Waals surface area (Å²) in [5.74, 6) is -3.82. The first-order chi connectivity index (χ1) is 14.3. The smallest absolute Gasteiger partial charge is 0.343 e. The largest absolute Gasteiger partial charge is 0.461 e. The first kappa shape index (κ1) is 23.2. The molecule has 3 heterocycles. The minimum Gasteiger partial charge on any atom is -0.461 e. The molecule has 0 aromatic carbocycles. The third kappa shape index (κ3) is 4.30. The maximum atomic E-state index is 12.6. The van der Waals surface area contributed by atoms with E-state index in [2.05, 4.69) is 0 Å². The van der Waals surface area contributed by atoms with Crippen molar-refractivity contribution in [3.63, 3.8) is 0 Å². The number of carbonyl (C=O) groups excluding carboxylic acids is 3. The molecule has 9 nitrogen and oxygen atoms in total. The Labute approximate surface area is 180 Å². The summed E-state index contributed by atoms with van der Waals surface area (Å²) in [7, 11) is 0. The van der Waals surface area contributed by atoms with Crippen LogP contribution in [0.5, 0.6) is 0 Å². The minimum absolute atomic E-state index is 0.00143. The molecule has 0 saturated carbocycles. The number of ether oxygens (including phenoxy) is 4. The number of hydrogen-bond donors (Lipinski definition) is 2. The second kappa shape index (κ2) is 7.89. The zero-order chi connectivity index (χ0) is 23.2. The molecule has 0 unspecified atom stereocenters. The normalized spacial score (nSPS) is 37.1. The van der Waals surface area contributed by atoms with Gasteiger partial charge in [-0.05, 0) is 40.2 Å². The number of esters is 3. The van der Waals surface area contributed by atoms with Crippen LogP contribution in [0.3, 0.4) is 0 Å². The van der Waals surface area contributed by atoms with E-state index in [1.54, 1.807) is 26.8 Å². The van der Waals surface area contributed by atoms with Gasteiger partial charge in [-0.15, -0.1) is 0 Å². The lowest BCUT2D eigenvalue weighted by molar-refractivity contribution is -0.298. The zero-order valence-electron chi connectivity index (χ0n) is 18.3. The summed E-state index contributed by atoms with van der Waals surface area (Å²) < 4.78 is 21.9. The van der Waals surface area contributed by atoms with Crippen LogP contribution in [0.4, 0.5) is 0 Å². The maximum Gasteiger partial charge on any atom is 0.343 e. The van der Waals surface area contributed by atoms with Crippen molar-refractivity contribution in [3.05, 3.63) is 34.6 Å². The lowest BCUT2D eigenvalue weighted by Crippen LogP contribution is -2.54. The van der Waals surface area contributed by atoms with Crippen molar-refractivity contribution in [2.45, 2.75) is 77.0 Å². The van der Waals surface area contributed by atoms with Crippen molar-refractivity contribution in [1.29, 1.82) is 0 Å². The molecule has 9 heteroatoms. The molecule has 3 aliphatic heterocycles. The fourth-order valence-electron chi connectivity index (χ4n) is 3.97. The van der Waals surface area contributed by atoms with Gasteiger partial charge in [-0.1, -0.05) is 6.08 Å². The molecule has 4 atom stereocenters. The molecule has 0 aromatic heterocycles. The highest BCUT2D eigenvalue weighted by molar-refractivity contribution is 5.96. The lowest BCUT2D eigenvalue weighted by Gasteiger charge is -2.40. The summed E-state index contributed by atoms with van der Waals surface area (Å²) in [5.41, 5.74) is -2.38. The van der Waals surface area contributed by atoms with Crippen molar-refractivity contribution < 1.29 is 43.5 Å². The molecule has 0 aromatic rings. The summed E-state index contributed by atoms with van der Waals surface area (Å²) in [5, 5.41) is 22.3. The summed E-state index contributed by atoms with van der Waals surface area (Å²) in [6.07, 6.45) is 2.13. The minimum atomic E-state index is -1.90. The van der Waals surface area contributed by atoms with E-state index >= 15 is 0 Å². The van der Waals surface area contributed by atoms with E-state index < -0.39 is 41.0 Å². The molecule has 0 amide bonds. The van der Waals surface area contributed by atoms with E-state index in [4.69, 9.17) is 18.9 Å². The Kier molecular flexibility index (Phi) is 5.90. The number of aliphatic hydroxyl groups is 2. The number of allylic oxidation sites excluding steroid dienone is 1. The van der Waals surface area contributed by atoms with Gasteiger partial charge < -0.3 is 29.2 Å². The molecule has 31 heavy (non-hydrogen) atoms. The van der Waals surface area contributed by atoms with Gasteiger partial charge in [-0.3, -0.25) is 4.79 Å². The van der Waals surface area contributed by atoms with E-state index in [0.717, 1.165) is 0 Å². The van der Waals surface area contributed by atoms with Crippen LogP contribution in [-0.2, 0) is 33.3 Å². The lowest BCUT2D eigenvalue weighted by atomic mass is 9.82. The summed E-state index contributed by atoms with van der Waals surface area (Å²) >= 11 is 0. The molecular weight excluding hydrogens is 408 g/mol. The molecule has 3 aliphatic rings. The standard InChI is InChI=1S/C22H28O9/c1-6-12(2)18(24)29-16-10-21(5,26)22(27)8-7-20(4,31-22)9-15-17(16)14(19(25)30-15)11-28-13(3)23/h6,9,16,26-27H,7-8,10-11H2,1-5H3/b12-6+,15-9+/t16-,20+,21+,22+/m0/s1. The van der Waals surface area contributed by atoms with Gasteiger partial charge in [0.15, 0.2) is 5.79 Å². The Balaban J connectivity index is 2.17. The molecule has 0 aliphatic carbocycles. The van der Waals surface area contributed by atoms with Crippen LogP contribution < -0.4 is 0 Å².